The Kier molecular flexibility index (Phi) is 5.98. The largest absolute Gasteiger partial charge is 0.493 e. The van der Waals surface area contributed by atoms with Crippen LogP contribution < -0.4 is 14.2 Å². The van der Waals surface area contributed by atoms with Gasteiger partial charge in [-0.25, -0.2) is 0 Å². The number of carbonyl (C=O) groups is 1. The second-order valence-corrected chi connectivity index (χ2v) is 4.45. The Balaban J connectivity index is 3.09. The molecule has 0 N–H and O–H groups in total. The molecular weight excluding hydrogens is 300 g/mol. The third kappa shape index (κ3) is 3.63. The molecule has 0 spiro atoms. The first-order valence-electron chi connectivity index (χ1n) is 5.59. The van der Waals surface area contributed by atoms with Crippen molar-refractivity contribution in [3.63, 3.8) is 0 Å². The SMILES string of the molecule is COc1cc(C(C)=O)cc(OC)c1OCCCBr. The van der Waals surface area contributed by atoms with E-state index in [1.807, 2.05) is 0 Å². The van der Waals surface area contributed by atoms with Crippen LogP contribution in [0.3, 0.4) is 0 Å². The van der Waals surface area contributed by atoms with E-state index in [1.54, 1.807) is 12.1 Å². The van der Waals surface area contributed by atoms with E-state index < -0.39 is 0 Å². The van der Waals surface area contributed by atoms with Crippen LogP contribution in [-0.4, -0.2) is 31.9 Å². The number of ether oxygens (including phenoxy) is 3. The van der Waals surface area contributed by atoms with Crippen molar-refractivity contribution < 1.29 is 19.0 Å². The Morgan fingerprint density at radius 1 is 1.22 bits per heavy atom. The molecule has 0 unspecified atom stereocenters. The molecule has 0 amide bonds. The minimum Gasteiger partial charge on any atom is -0.493 e. The molecule has 0 aromatic heterocycles. The van der Waals surface area contributed by atoms with Crippen molar-refractivity contribution in [3.05, 3.63) is 17.7 Å². The maximum absolute atomic E-state index is 11.4. The lowest BCUT2D eigenvalue weighted by atomic mass is 10.1. The van der Waals surface area contributed by atoms with Crippen molar-refractivity contribution in [3.8, 4) is 17.2 Å². The molecule has 18 heavy (non-hydrogen) atoms. The number of hydrogen-bond acceptors (Lipinski definition) is 4. The molecule has 1 aromatic carbocycles. The van der Waals surface area contributed by atoms with Crippen LogP contribution in [-0.2, 0) is 0 Å². The third-order valence-electron chi connectivity index (χ3n) is 2.39. The summed E-state index contributed by atoms with van der Waals surface area (Å²) in [6.45, 7) is 2.05. The monoisotopic (exact) mass is 316 g/mol. The summed E-state index contributed by atoms with van der Waals surface area (Å²) in [5.74, 6) is 1.51. The Morgan fingerprint density at radius 3 is 2.17 bits per heavy atom. The van der Waals surface area contributed by atoms with Crippen molar-refractivity contribution in [2.75, 3.05) is 26.2 Å². The van der Waals surface area contributed by atoms with Gasteiger partial charge in [0.25, 0.3) is 0 Å². The van der Waals surface area contributed by atoms with Crippen LogP contribution >= 0.6 is 15.9 Å². The van der Waals surface area contributed by atoms with Gasteiger partial charge in [0.2, 0.25) is 5.75 Å². The Bertz CT molecular complexity index is 392. The second kappa shape index (κ2) is 7.26. The second-order valence-electron chi connectivity index (χ2n) is 3.66. The smallest absolute Gasteiger partial charge is 0.203 e. The molecule has 0 atom stereocenters. The zero-order valence-corrected chi connectivity index (χ0v) is 12.4. The van der Waals surface area contributed by atoms with E-state index >= 15 is 0 Å². The quantitative estimate of drug-likeness (QED) is 0.440. The zero-order valence-electron chi connectivity index (χ0n) is 10.8. The van der Waals surface area contributed by atoms with Gasteiger partial charge in [-0.2, -0.15) is 0 Å². The molecule has 1 aromatic rings. The molecule has 0 saturated heterocycles. The number of benzene rings is 1. The van der Waals surface area contributed by atoms with Crippen molar-refractivity contribution in [1.29, 1.82) is 0 Å². The molecule has 5 heteroatoms. The van der Waals surface area contributed by atoms with Crippen LogP contribution in [0.15, 0.2) is 12.1 Å². The number of carbonyl (C=O) groups excluding carboxylic acids is 1. The molecule has 0 aliphatic carbocycles. The molecule has 100 valence electrons. The summed E-state index contributed by atoms with van der Waals surface area (Å²) < 4.78 is 16.1. The van der Waals surface area contributed by atoms with Gasteiger partial charge < -0.3 is 14.2 Å². The first-order valence-corrected chi connectivity index (χ1v) is 6.72. The topological polar surface area (TPSA) is 44.8 Å². The van der Waals surface area contributed by atoms with Crippen molar-refractivity contribution >= 4 is 21.7 Å². The van der Waals surface area contributed by atoms with E-state index in [2.05, 4.69) is 15.9 Å². The fraction of sp³-hybridized carbons (Fsp3) is 0.462. The molecule has 0 saturated carbocycles. The number of hydrogen-bond donors (Lipinski definition) is 0. The zero-order chi connectivity index (χ0) is 13.5. The van der Waals surface area contributed by atoms with Crippen LogP contribution in [0, 0.1) is 0 Å². The number of ketones is 1. The van der Waals surface area contributed by atoms with Crippen LogP contribution in [0.1, 0.15) is 23.7 Å². The lowest BCUT2D eigenvalue weighted by Gasteiger charge is -2.15. The maximum atomic E-state index is 11.4. The number of methoxy groups -OCH3 is 2. The van der Waals surface area contributed by atoms with E-state index in [1.165, 1.54) is 21.1 Å². The van der Waals surface area contributed by atoms with Crippen LogP contribution in [0.25, 0.3) is 0 Å². The normalized spacial score (nSPS) is 10.0. The average Bonchev–Trinajstić information content (AvgIpc) is 2.38. The summed E-state index contributed by atoms with van der Waals surface area (Å²) in [6.07, 6.45) is 0.876. The number of Topliss-reactive ketones (excluding diaryl/α,β-unsaturated/α-hetero) is 1. The molecule has 0 heterocycles. The Morgan fingerprint density at radius 2 is 1.78 bits per heavy atom. The third-order valence-corrected chi connectivity index (χ3v) is 2.95. The summed E-state index contributed by atoms with van der Waals surface area (Å²) in [6, 6.07) is 3.32. The molecular formula is C13H17BrO4. The highest BCUT2D eigenvalue weighted by Crippen LogP contribution is 2.38. The van der Waals surface area contributed by atoms with Gasteiger partial charge in [-0.15, -0.1) is 0 Å². The fourth-order valence-corrected chi connectivity index (χ4v) is 1.68. The average molecular weight is 317 g/mol. The molecule has 0 aliphatic heterocycles. The van der Waals surface area contributed by atoms with Crippen LogP contribution in [0.4, 0.5) is 0 Å². The summed E-state index contributed by atoms with van der Waals surface area (Å²) >= 11 is 3.34. The standard InChI is InChI=1S/C13H17BrO4/c1-9(15)10-7-11(16-2)13(12(8-10)17-3)18-6-4-5-14/h7-8H,4-6H2,1-3H3. The van der Waals surface area contributed by atoms with Crippen LogP contribution in [0.5, 0.6) is 17.2 Å². The Hall–Kier alpha value is -1.23. The molecule has 0 fully saturated rings. The van der Waals surface area contributed by atoms with Crippen molar-refractivity contribution in [2.45, 2.75) is 13.3 Å². The minimum absolute atomic E-state index is 0.0430. The van der Waals surface area contributed by atoms with Gasteiger partial charge in [-0.3, -0.25) is 4.79 Å². The van der Waals surface area contributed by atoms with Gasteiger partial charge in [-0.1, -0.05) is 15.9 Å². The van der Waals surface area contributed by atoms with Crippen molar-refractivity contribution in [2.24, 2.45) is 0 Å². The van der Waals surface area contributed by atoms with Crippen molar-refractivity contribution in [1.82, 2.24) is 0 Å². The predicted molar refractivity (Wildman–Crippen MR) is 73.5 cm³/mol. The van der Waals surface area contributed by atoms with E-state index in [0.717, 1.165) is 11.8 Å². The molecule has 0 aliphatic rings. The highest BCUT2D eigenvalue weighted by Gasteiger charge is 2.15. The first-order chi connectivity index (χ1) is 8.63. The lowest BCUT2D eigenvalue weighted by molar-refractivity contribution is 0.101. The van der Waals surface area contributed by atoms with Gasteiger partial charge in [0.1, 0.15) is 0 Å². The Labute approximate surface area is 115 Å². The van der Waals surface area contributed by atoms with E-state index in [4.69, 9.17) is 14.2 Å². The van der Waals surface area contributed by atoms with E-state index in [9.17, 15) is 4.79 Å². The summed E-state index contributed by atoms with van der Waals surface area (Å²) in [7, 11) is 3.08. The maximum Gasteiger partial charge on any atom is 0.203 e. The fourth-order valence-electron chi connectivity index (χ4n) is 1.45. The highest BCUT2D eigenvalue weighted by atomic mass is 79.9. The summed E-state index contributed by atoms with van der Waals surface area (Å²) in [4.78, 5) is 11.4. The number of halogens is 1. The molecule has 0 bridgehead atoms. The molecule has 4 nitrogen and oxygen atoms in total. The summed E-state index contributed by atoms with van der Waals surface area (Å²) in [5.41, 5.74) is 0.538. The number of rotatable bonds is 7. The number of alkyl halides is 1. The van der Waals surface area contributed by atoms with E-state index in [-0.39, 0.29) is 5.78 Å². The highest BCUT2D eigenvalue weighted by molar-refractivity contribution is 9.09. The van der Waals surface area contributed by atoms with Crippen LogP contribution in [0.2, 0.25) is 0 Å². The van der Waals surface area contributed by atoms with Gasteiger partial charge in [-0.05, 0) is 25.5 Å². The predicted octanol–water partition coefficient (Wildman–Crippen LogP) is 3.07. The molecule has 0 radical (unpaired) electrons. The molecule has 1 rings (SSSR count). The van der Waals surface area contributed by atoms with E-state index in [0.29, 0.717) is 29.4 Å². The van der Waals surface area contributed by atoms with Gasteiger partial charge >= 0.3 is 0 Å². The summed E-state index contributed by atoms with van der Waals surface area (Å²) in [5, 5.41) is 0.864. The lowest BCUT2D eigenvalue weighted by Crippen LogP contribution is -2.04. The first kappa shape index (κ1) is 14.8. The van der Waals surface area contributed by atoms with Gasteiger partial charge in [0.05, 0.1) is 20.8 Å². The van der Waals surface area contributed by atoms with Gasteiger partial charge in [0.15, 0.2) is 17.3 Å². The van der Waals surface area contributed by atoms with Gasteiger partial charge in [0, 0.05) is 10.9 Å². The minimum atomic E-state index is -0.0430.